The predicted octanol–water partition coefficient (Wildman–Crippen LogP) is 4.48. The Bertz CT molecular complexity index is 511. The van der Waals surface area contributed by atoms with Gasteiger partial charge in [0.25, 0.3) is 0 Å². The Kier molecular flexibility index (Phi) is 6.82. The van der Waals surface area contributed by atoms with Gasteiger partial charge in [0.2, 0.25) is 0 Å². The second kappa shape index (κ2) is 8.85. The van der Waals surface area contributed by atoms with Crippen molar-refractivity contribution >= 4 is 0 Å². The molecule has 2 atom stereocenters. The molecule has 0 fully saturated rings. The molecule has 0 unspecified atom stereocenters. The van der Waals surface area contributed by atoms with E-state index >= 15 is 0 Å². The summed E-state index contributed by atoms with van der Waals surface area (Å²) in [5.41, 5.74) is 2.58. The van der Waals surface area contributed by atoms with E-state index in [1.54, 1.807) is 0 Å². The lowest BCUT2D eigenvalue weighted by Crippen LogP contribution is -2.46. The van der Waals surface area contributed by atoms with Crippen LogP contribution in [0.2, 0.25) is 0 Å². The second-order valence-corrected chi connectivity index (χ2v) is 6.59. The first-order valence-corrected chi connectivity index (χ1v) is 8.61. The van der Waals surface area contributed by atoms with Crippen molar-refractivity contribution in [3.05, 3.63) is 71.8 Å². The monoisotopic (exact) mass is 311 g/mol. The van der Waals surface area contributed by atoms with E-state index in [2.05, 4.69) is 74.2 Å². The van der Waals surface area contributed by atoms with Gasteiger partial charge in [-0.05, 0) is 23.5 Å². The van der Waals surface area contributed by atoms with E-state index in [1.165, 1.54) is 11.1 Å². The zero-order valence-corrected chi connectivity index (χ0v) is 14.5. The first-order chi connectivity index (χ1) is 11.1. The maximum atomic E-state index is 10.6. The highest BCUT2D eigenvalue weighted by atomic mass is 16.3. The Morgan fingerprint density at radius 2 is 1.26 bits per heavy atom. The molecule has 0 aromatic heterocycles. The molecule has 0 aliphatic carbocycles. The normalized spacial score (nSPS) is 14.2. The maximum absolute atomic E-state index is 10.6. The minimum absolute atomic E-state index is 0.153. The van der Waals surface area contributed by atoms with Gasteiger partial charge in [-0.15, -0.1) is 0 Å². The van der Waals surface area contributed by atoms with Crippen LogP contribution in [0.1, 0.15) is 38.3 Å². The molecule has 2 aromatic carbocycles. The van der Waals surface area contributed by atoms with Crippen LogP contribution in [0.15, 0.2) is 60.7 Å². The zero-order chi connectivity index (χ0) is 16.7. The van der Waals surface area contributed by atoms with E-state index in [4.69, 9.17) is 0 Å². The van der Waals surface area contributed by atoms with E-state index < -0.39 is 0 Å². The van der Waals surface area contributed by atoms with E-state index in [0.717, 1.165) is 19.5 Å². The van der Waals surface area contributed by atoms with Crippen molar-refractivity contribution in [2.24, 2.45) is 5.92 Å². The number of rotatable bonds is 8. The zero-order valence-electron chi connectivity index (χ0n) is 14.5. The Morgan fingerprint density at radius 3 is 1.61 bits per heavy atom. The molecule has 0 saturated carbocycles. The molecule has 2 rings (SSSR count). The minimum atomic E-state index is -0.303. The Morgan fingerprint density at radius 1 is 0.826 bits per heavy atom. The number of aliphatic hydroxyl groups excluding tert-OH is 1. The molecule has 2 aromatic rings. The van der Waals surface area contributed by atoms with Crippen LogP contribution in [0, 0.1) is 5.92 Å². The third-order valence-corrected chi connectivity index (χ3v) is 4.37. The summed E-state index contributed by atoms with van der Waals surface area (Å²) in [5, 5.41) is 10.6. The molecular weight excluding hydrogens is 282 g/mol. The van der Waals surface area contributed by atoms with Gasteiger partial charge in [-0.1, -0.05) is 81.4 Å². The molecule has 0 aliphatic rings. The third-order valence-electron chi connectivity index (χ3n) is 4.37. The van der Waals surface area contributed by atoms with Gasteiger partial charge in [0.15, 0.2) is 0 Å². The SMILES string of the molecule is CC[C@@H](O)[C@H](C(C)C)N(Cc1ccccc1)Cc1ccccc1. The molecule has 23 heavy (non-hydrogen) atoms. The summed E-state index contributed by atoms with van der Waals surface area (Å²) in [5.74, 6) is 0.400. The molecule has 124 valence electrons. The average Bonchev–Trinajstić information content (AvgIpc) is 2.56. The summed E-state index contributed by atoms with van der Waals surface area (Å²) in [6, 6.07) is 21.2. The second-order valence-electron chi connectivity index (χ2n) is 6.59. The van der Waals surface area contributed by atoms with Crippen molar-refractivity contribution in [2.75, 3.05) is 0 Å². The highest BCUT2D eigenvalue weighted by molar-refractivity contribution is 5.17. The highest BCUT2D eigenvalue weighted by Crippen LogP contribution is 2.22. The fraction of sp³-hybridized carbons (Fsp3) is 0.429. The van der Waals surface area contributed by atoms with Crippen LogP contribution in [0.3, 0.4) is 0 Å². The molecule has 2 nitrogen and oxygen atoms in total. The van der Waals surface area contributed by atoms with Crippen molar-refractivity contribution in [3.8, 4) is 0 Å². The smallest absolute Gasteiger partial charge is 0.0695 e. The topological polar surface area (TPSA) is 23.5 Å². The van der Waals surface area contributed by atoms with Crippen LogP contribution >= 0.6 is 0 Å². The van der Waals surface area contributed by atoms with Crippen molar-refractivity contribution in [1.82, 2.24) is 4.90 Å². The van der Waals surface area contributed by atoms with Crippen LogP contribution in [-0.4, -0.2) is 22.2 Å². The maximum Gasteiger partial charge on any atom is 0.0695 e. The van der Waals surface area contributed by atoms with Gasteiger partial charge in [0.05, 0.1) is 6.10 Å². The van der Waals surface area contributed by atoms with E-state index in [9.17, 15) is 5.11 Å². The summed E-state index contributed by atoms with van der Waals surface area (Å²) in [6.07, 6.45) is 0.477. The molecule has 2 heteroatoms. The van der Waals surface area contributed by atoms with Crippen LogP contribution in [0.5, 0.6) is 0 Å². The summed E-state index contributed by atoms with van der Waals surface area (Å²) < 4.78 is 0. The van der Waals surface area contributed by atoms with Gasteiger partial charge < -0.3 is 5.11 Å². The van der Waals surface area contributed by atoms with Gasteiger partial charge in [0, 0.05) is 19.1 Å². The van der Waals surface area contributed by atoms with Crippen LogP contribution < -0.4 is 0 Å². The van der Waals surface area contributed by atoms with E-state index in [0.29, 0.717) is 5.92 Å². The standard InChI is InChI=1S/C21H29NO/c1-4-20(23)21(17(2)3)22(15-18-11-7-5-8-12-18)16-19-13-9-6-10-14-19/h5-14,17,20-21,23H,4,15-16H2,1-3H3/t20-,21+/m1/s1. The largest absolute Gasteiger partial charge is 0.391 e. The van der Waals surface area contributed by atoms with Gasteiger partial charge in [-0.25, -0.2) is 0 Å². The fourth-order valence-electron chi connectivity index (χ4n) is 3.25. The van der Waals surface area contributed by atoms with Gasteiger partial charge in [0.1, 0.15) is 0 Å². The lowest BCUT2D eigenvalue weighted by atomic mass is 9.94. The quantitative estimate of drug-likeness (QED) is 0.776. The molecule has 0 bridgehead atoms. The Labute approximate surface area is 140 Å². The predicted molar refractivity (Wildman–Crippen MR) is 97.1 cm³/mol. The van der Waals surface area contributed by atoms with E-state index in [-0.39, 0.29) is 12.1 Å². The number of benzene rings is 2. The number of nitrogens with zero attached hydrogens (tertiary/aromatic N) is 1. The third kappa shape index (κ3) is 5.19. The molecule has 0 amide bonds. The van der Waals surface area contributed by atoms with Crippen LogP contribution in [0.25, 0.3) is 0 Å². The molecule has 0 heterocycles. The first kappa shape index (κ1) is 17.7. The Balaban J connectivity index is 2.25. The highest BCUT2D eigenvalue weighted by Gasteiger charge is 2.28. The molecule has 0 saturated heterocycles. The van der Waals surface area contributed by atoms with Crippen molar-refractivity contribution < 1.29 is 5.11 Å². The molecule has 1 N–H and O–H groups in total. The van der Waals surface area contributed by atoms with E-state index in [1.807, 2.05) is 12.1 Å². The van der Waals surface area contributed by atoms with Crippen LogP contribution in [-0.2, 0) is 13.1 Å². The van der Waals surface area contributed by atoms with Crippen molar-refractivity contribution in [3.63, 3.8) is 0 Å². The number of aliphatic hydroxyl groups is 1. The summed E-state index contributed by atoms with van der Waals surface area (Å²) in [4.78, 5) is 2.42. The molecule has 0 radical (unpaired) electrons. The molecular formula is C21H29NO. The number of hydrogen-bond acceptors (Lipinski definition) is 2. The Hall–Kier alpha value is -1.64. The van der Waals surface area contributed by atoms with Gasteiger partial charge >= 0.3 is 0 Å². The lowest BCUT2D eigenvalue weighted by Gasteiger charge is -2.37. The summed E-state index contributed by atoms with van der Waals surface area (Å²) in [7, 11) is 0. The van der Waals surface area contributed by atoms with Crippen molar-refractivity contribution in [1.29, 1.82) is 0 Å². The molecule has 0 spiro atoms. The summed E-state index contributed by atoms with van der Waals surface area (Å²) >= 11 is 0. The minimum Gasteiger partial charge on any atom is -0.391 e. The fourth-order valence-corrected chi connectivity index (χ4v) is 3.25. The van der Waals surface area contributed by atoms with Gasteiger partial charge in [-0.3, -0.25) is 4.90 Å². The van der Waals surface area contributed by atoms with Crippen LogP contribution in [0.4, 0.5) is 0 Å². The van der Waals surface area contributed by atoms with Gasteiger partial charge in [-0.2, -0.15) is 0 Å². The number of hydrogen-bond donors (Lipinski definition) is 1. The first-order valence-electron chi connectivity index (χ1n) is 8.61. The molecule has 0 aliphatic heterocycles. The lowest BCUT2D eigenvalue weighted by molar-refractivity contribution is 0.0123. The average molecular weight is 311 g/mol. The van der Waals surface area contributed by atoms with Crippen molar-refractivity contribution in [2.45, 2.75) is 52.4 Å². The summed E-state index contributed by atoms with van der Waals surface area (Å²) in [6.45, 7) is 8.17.